The molecule has 0 aromatic heterocycles. The summed E-state index contributed by atoms with van der Waals surface area (Å²) >= 11 is 0. The number of carbonyl (C=O) groups is 3. The number of carbonyl (C=O) groups excluding carboxylic acids is 3. The van der Waals surface area contributed by atoms with Crippen molar-refractivity contribution < 1.29 is 23.5 Å². The van der Waals surface area contributed by atoms with Gasteiger partial charge >= 0.3 is 6.09 Å². The van der Waals surface area contributed by atoms with Crippen LogP contribution in [0.1, 0.15) is 51.2 Å². The second-order valence-electron chi connectivity index (χ2n) is 10.3. The highest BCUT2D eigenvalue weighted by Gasteiger charge is 2.49. The van der Waals surface area contributed by atoms with Gasteiger partial charge in [-0.2, -0.15) is 0 Å². The molecule has 210 valence electrons. The maximum Gasteiger partial charge on any atom is 0.407 e. The third-order valence-electron chi connectivity index (χ3n) is 6.69. The molecule has 0 fully saturated rings. The van der Waals surface area contributed by atoms with Gasteiger partial charge in [-0.25, -0.2) is 14.2 Å². The number of benzene rings is 2. The average molecular weight is 540 g/mol. The van der Waals surface area contributed by atoms with E-state index in [-0.39, 0.29) is 36.1 Å². The summed E-state index contributed by atoms with van der Waals surface area (Å²) in [5, 5.41) is 5.44. The molecule has 4 N–H and O–H groups in total. The normalized spacial score (nSPS) is 18.5. The van der Waals surface area contributed by atoms with Crippen molar-refractivity contribution in [2.45, 2.75) is 64.1 Å². The van der Waals surface area contributed by atoms with Crippen molar-refractivity contribution in [3.63, 3.8) is 0 Å². The van der Waals surface area contributed by atoms with E-state index >= 15 is 0 Å². The number of halogens is 1. The summed E-state index contributed by atoms with van der Waals surface area (Å²) in [5.41, 5.74) is 6.72. The number of amides is 3. The molecule has 2 aromatic carbocycles. The summed E-state index contributed by atoms with van der Waals surface area (Å²) in [5.74, 6) is -0.499. The first-order chi connectivity index (χ1) is 18.6. The van der Waals surface area contributed by atoms with Crippen LogP contribution in [0.5, 0.6) is 0 Å². The summed E-state index contributed by atoms with van der Waals surface area (Å²) in [4.78, 5) is 44.6. The molecule has 1 aliphatic heterocycles. The molecule has 1 aliphatic rings. The zero-order chi connectivity index (χ0) is 28.6. The van der Waals surface area contributed by atoms with Crippen molar-refractivity contribution in [3.05, 3.63) is 71.5 Å². The van der Waals surface area contributed by atoms with Crippen molar-refractivity contribution in [3.8, 4) is 0 Å². The van der Waals surface area contributed by atoms with Crippen LogP contribution in [-0.4, -0.2) is 54.5 Å². The van der Waals surface area contributed by atoms with Crippen LogP contribution in [0, 0.1) is 11.7 Å². The van der Waals surface area contributed by atoms with Gasteiger partial charge < -0.3 is 21.1 Å². The molecule has 10 heteroatoms. The Balaban J connectivity index is 1.60. The maximum absolute atomic E-state index is 13.6. The Labute approximate surface area is 229 Å². The number of ether oxygens (including phenoxy) is 1. The van der Waals surface area contributed by atoms with Crippen LogP contribution in [0.15, 0.2) is 59.6 Å². The molecule has 0 spiro atoms. The molecular formula is C29H38FN5O4. The number of nitrogens with zero attached hydrogens (tertiary/aromatic N) is 2. The predicted octanol–water partition coefficient (Wildman–Crippen LogP) is 3.48. The van der Waals surface area contributed by atoms with E-state index in [1.807, 2.05) is 37.3 Å². The highest BCUT2D eigenvalue weighted by atomic mass is 19.1. The molecule has 3 amide bonds. The highest BCUT2D eigenvalue weighted by molar-refractivity contribution is 6.07. The van der Waals surface area contributed by atoms with Crippen LogP contribution in [-0.2, 0) is 26.3 Å². The molecule has 0 radical (unpaired) electrons. The molecule has 3 atom stereocenters. The van der Waals surface area contributed by atoms with E-state index in [0.717, 1.165) is 5.56 Å². The Morgan fingerprint density at radius 3 is 2.36 bits per heavy atom. The molecule has 3 rings (SSSR count). The van der Waals surface area contributed by atoms with Gasteiger partial charge in [0.15, 0.2) is 11.5 Å². The third kappa shape index (κ3) is 7.55. The number of hydrogen-bond donors (Lipinski definition) is 3. The monoisotopic (exact) mass is 539 g/mol. The lowest BCUT2D eigenvalue weighted by molar-refractivity contribution is -0.132. The Kier molecular flexibility index (Phi) is 10.0. The van der Waals surface area contributed by atoms with Gasteiger partial charge in [-0.1, -0.05) is 56.3 Å². The fourth-order valence-corrected chi connectivity index (χ4v) is 4.83. The fraction of sp³-hybridized carbons (Fsp3) is 0.448. The molecule has 0 saturated heterocycles. The lowest BCUT2D eigenvalue weighted by Crippen LogP contribution is -2.50. The first-order valence-electron chi connectivity index (χ1n) is 13.2. The SMILES string of the molecule is COC(=O)N[C@@H](Cc1ccc(F)cc1)C(=O)NC(C)CCCN1C(=O)C(CC(C)C)(c2ccccc2)N=C1N. The number of rotatable bonds is 12. The van der Waals surface area contributed by atoms with Crippen molar-refractivity contribution in [1.82, 2.24) is 15.5 Å². The van der Waals surface area contributed by atoms with Gasteiger partial charge in [0.2, 0.25) is 5.91 Å². The minimum absolute atomic E-state index is 0.141. The minimum Gasteiger partial charge on any atom is -0.453 e. The van der Waals surface area contributed by atoms with Crippen LogP contribution in [0.25, 0.3) is 0 Å². The smallest absolute Gasteiger partial charge is 0.407 e. The number of alkyl carbamates (subject to hydrolysis) is 1. The summed E-state index contributed by atoms with van der Waals surface area (Å²) in [7, 11) is 1.22. The number of nitrogens with one attached hydrogen (secondary N) is 2. The summed E-state index contributed by atoms with van der Waals surface area (Å²) in [6, 6.07) is 14.1. The maximum atomic E-state index is 13.6. The van der Waals surface area contributed by atoms with Gasteiger partial charge in [-0.3, -0.25) is 14.5 Å². The van der Waals surface area contributed by atoms with Crippen molar-refractivity contribution >= 4 is 23.9 Å². The van der Waals surface area contributed by atoms with Gasteiger partial charge in [-0.05, 0) is 55.4 Å². The lowest BCUT2D eigenvalue weighted by atomic mass is 9.82. The first kappa shape index (κ1) is 29.6. The molecule has 2 unspecified atom stereocenters. The quantitative estimate of drug-likeness (QED) is 0.381. The fourth-order valence-electron chi connectivity index (χ4n) is 4.83. The number of methoxy groups -OCH3 is 1. The van der Waals surface area contributed by atoms with Gasteiger partial charge in [0.1, 0.15) is 11.9 Å². The molecule has 39 heavy (non-hydrogen) atoms. The molecular weight excluding hydrogens is 501 g/mol. The summed E-state index contributed by atoms with van der Waals surface area (Å²) < 4.78 is 17.9. The Morgan fingerprint density at radius 1 is 1.08 bits per heavy atom. The molecule has 2 aromatic rings. The van der Waals surface area contributed by atoms with Gasteiger partial charge in [-0.15, -0.1) is 0 Å². The van der Waals surface area contributed by atoms with Crippen LogP contribution >= 0.6 is 0 Å². The second-order valence-corrected chi connectivity index (χ2v) is 10.3. The highest BCUT2D eigenvalue weighted by Crippen LogP contribution is 2.38. The van der Waals surface area contributed by atoms with E-state index < -0.39 is 23.6 Å². The van der Waals surface area contributed by atoms with E-state index in [1.165, 1.54) is 24.1 Å². The Hall–Kier alpha value is -3.95. The lowest BCUT2D eigenvalue weighted by Gasteiger charge is -2.28. The number of aliphatic imine (C=N–C) groups is 1. The van der Waals surface area contributed by atoms with Crippen LogP contribution in [0.3, 0.4) is 0 Å². The second kappa shape index (κ2) is 13.2. The standard InChI is InChI=1S/C29H38FN5O4/c1-19(2)18-29(22-10-6-5-7-11-22)26(37)35(27(31)34-29)16-8-9-20(3)32-25(36)24(33-28(38)39-4)17-21-12-14-23(30)15-13-21/h5-7,10-15,19-20,24H,8-9,16-18H2,1-4H3,(H2,31,34)(H,32,36)(H,33,38)/t20?,24-,29?/m0/s1. The van der Waals surface area contributed by atoms with E-state index in [0.29, 0.717) is 31.4 Å². The van der Waals surface area contributed by atoms with Crippen molar-refractivity contribution in [2.75, 3.05) is 13.7 Å². The topological polar surface area (TPSA) is 126 Å². The zero-order valence-electron chi connectivity index (χ0n) is 22.9. The van der Waals surface area contributed by atoms with Crippen molar-refractivity contribution in [2.24, 2.45) is 16.6 Å². The van der Waals surface area contributed by atoms with Crippen LogP contribution < -0.4 is 16.4 Å². The summed E-state index contributed by atoms with van der Waals surface area (Å²) in [6.45, 7) is 6.31. The van der Waals surface area contributed by atoms with E-state index in [9.17, 15) is 18.8 Å². The van der Waals surface area contributed by atoms with E-state index in [1.54, 1.807) is 12.1 Å². The van der Waals surface area contributed by atoms with Gasteiger partial charge in [0, 0.05) is 19.0 Å². The molecule has 9 nitrogen and oxygen atoms in total. The van der Waals surface area contributed by atoms with E-state index in [4.69, 9.17) is 5.73 Å². The Morgan fingerprint density at radius 2 is 1.74 bits per heavy atom. The average Bonchev–Trinajstić information content (AvgIpc) is 3.14. The van der Waals surface area contributed by atoms with E-state index in [2.05, 4.69) is 34.2 Å². The van der Waals surface area contributed by atoms with Crippen molar-refractivity contribution in [1.29, 1.82) is 0 Å². The van der Waals surface area contributed by atoms with Crippen LogP contribution in [0.4, 0.5) is 9.18 Å². The molecule has 0 bridgehead atoms. The Bertz CT molecular complexity index is 1170. The van der Waals surface area contributed by atoms with Gasteiger partial charge in [0.25, 0.3) is 5.91 Å². The summed E-state index contributed by atoms with van der Waals surface area (Å²) in [6.07, 6.45) is 1.11. The molecule has 0 aliphatic carbocycles. The number of nitrogens with two attached hydrogens (primary N) is 1. The third-order valence-corrected chi connectivity index (χ3v) is 6.69. The minimum atomic E-state index is -1.04. The zero-order valence-corrected chi connectivity index (χ0v) is 22.9. The van der Waals surface area contributed by atoms with Gasteiger partial charge in [0.05, 0.1) is 7.11 Å². The number of hydrogen-bond acceptors (Lipinski definition) is 6. The largest absolute Gasteiger partial charge is 0.453 e. The van der Waals surface area contributed by atoms with Crippen LogP contribution in [0.2, 0.25) is 0 Å². The molecule has 0 saturated carbocycles. The predicted molar refractivity (Wildman–Crippen MR) is 147 cm³/mol. The first-order valence-corrected chi connectivity index (χ1v) is 13.2. The number of guanidine groups is 1. The molecule has 1 heterocycles.